The van der Waals surface area contributed by atoms with E-state index in [4.69, 9.17) is 5.11 Å². The predicted molar refractivity (Wildman–Crippen MR) is 41.3 cm³/mol. The van der Waals surface area contributed by atoms with Gasteiger partial charge in [0.05, 0.1) is 0 Å². The highest BCUT2D eigenvalue weighted by Gasteiger charge is 2.06. The molecule has 0 fully saturated rings. The van der Waals surface area contributed by atoms with Crippen molar-refractivity contribution in [2.45, 2.75) is 20.3 Å². The zero-order valence-electron chi connectivity index (χ0n) is 6.96. The number of carboxylic acids is 1. The summed E-state index contributed by atoms with van der Waals surface area (Å²) in [6, 6.07) is 0. The Hall–Kier alpha value is -1.54. The van der Waals surface area contributed by atoms with E-state index in [1.165, 1.54) is 13.0 Å². The summed E-state index contributed by atoms with van der Waals surface area (Å²) in [6.07, 6.45) is 1.16. The first-order valence-electron chi connectivity index (χ1n) is 3.36. The maximum Gasteiger partial charge on any atom is 0.311 e. The third kappa shape index (κ3) is 5.26. The fraction of sp³-hybridized carbons (Fsp3) is 0.375. The summed E-state index contributed by atoms with van der Waals surface area (Å²) in [5.74, 6) is -1.57. The minimum absolute atomic E-state index is 0.0255. The summed E-state index contributed by atoms with van der Waals surface area (Å²) in [5.41, 5.74) is 2.51. The van der Waals surface area contributed by atoms with Crippen molar-refractivity contribution >= 4 is 11.9 Å². The van der Waals surface area contributed by atoms with Gasteiger partial charge in [0.25, 0.3) is 0 Å². The summed E-state index contributed by atoms with van der Waals surface area (Å²) in [7, 11) is 0. The van der Waals surface area contributed by atoms with Crippen molar-refractivity contribution in [2.75, 3.05) is 0 Å². The van der Waals surface area contributed by atoms with E-state index in [2.05, 4.69) is 10.5 Å². The molecule has 0 aromatic rings. The first kappa shape index (κ1) is 10.5. The molecule has 1 N–H and O–H groups in total. The summed E-state index contributed by atoms with van der Waals surface area (Å²) in [5, 5.41) is 8.36. The van der Waals surface area contributed by atoms with Gasteiger partial charge in [-0.25, -0.2) is 0 Å². The van der Waals surface area contributed by atoms with Crippen LogP contribution in [0.5, 0.6) is 0 Å². The van der Waals surface area contributed by atoms with Gasteiger partial charge in [-0.05, 0) is 13.0 Å². The van der Waals surface area contributed by atoms with E-state index in [1.54, 1.807) is 6.92 Å². The molecule has 0 heterocycles. The van der Waals surface area contributed by atoms with Gasteiger partial charge in [0.15, 0.2) is 5.76 Å². The zero-order valence-corrected chi connectivity index (χ0v) is 6.96. The number of esters is 1. The van der Waals surface area contributed by atoms with Gasteiger partial charge in [-0.3, -0.25) is 9.59 Å². The van der Waals surface area contributed by atoms with Crippen molar-refractivity contribution in [1.82, 2.24) is 0 Å². The molecular formula is C8H10O4. The van der Waals surface area contributed by atoms with Crippen LogP contribution in [0, 0.1) is 0 Å². The number of ether oxygens (including phenoxy) is 1. The summed E-state index contributed by atoms with van der Waals surface area (Å²) >= 11 is 0. The smallest absolute Gasteiger partial charge is 0.311 e. The Balaban J connectivity index is 4.36. The number of hydrogen-bond acceptors (Lipinski definition) is 3. The number of hydrogen-bond donors (Lipinski definition) is 1. The quantitative estimate of drug-likeness (QED) is 0.391. The highest BCUT2D eigenvalue weighted by Crippen LogP contribution is 2.01. The van der Waals surface area contributed by atoms with Crippen LogP contribution in [0.25, 0.3) is 0 Å². The van der Waals surface area contributed by atoms with E-state index in [0.29, 0.717) is 0 Å². The molecule has 66 valence electrons. The molecule has 0 saturated heterocycles. The second-order valence-electron chi connectivity index (χ2n) is 2.02. The SMILES string of the molecule is CC=C=C(CC(=O)O)OC(C)=O. The molecule has 0 aliphatic heterocycles. The number of carbonyl (C=O) groups excluding carboxylic acids is 1. The number of carbonyl (C=O) groups is 2. The molecule has 0 radical (unpaired) electrons. The van der Waals surface area contributed by atoms with E-state index in [1.807, 2.05) is 0 Å². The Bertz CT molecular complexity index is 228. The molecule has 0 aromatic heterocycles. The largest absolute Gasteiger partial charge is 0.481 e. The highest BCUT2D eigenvalue weighted by atomic mass is 16.5. The predicted octanol–water partition coefficient (Wildman–Crippen LogP) is 1.08. The van der Waals surface area contributed by atoms with Crippen LogP contribution in [0.2, 0.25) is 0 Å². The van der Waals surface area contributed by atoms with Crippen molar-refractivity contribution in [3.05, 3.63) is 17.6 Å². The molecule has 0 atom stereocenters. The Morgan fingerprint density at radius 2 is 2.17 bits per heavy atom. The van der Waals surface area contributed by atoms with Crippen molar-refractivity contribution in [3.8, 4) is 0 Å². The molecule has 4 heteroatoms. The molecule has 12 heavy (non-hydrogen) atoms. The lowest BCUT2D eigenvalue weighted by Crippen LogP contribution is -2.03. The van der Waals surface area contributed by atoms with Crippen LogP contribution in [-0.4, -0.2) is 17.0 Å². The van der Waals surface area contributed by atoms with Gasteiger partial charge in [0.2, 0.25) is 0 Å². The van der Waals surface area contributed by atoms with Gasteiger partial charge in [-0.15, -0.1) is 0 Å². The van der Waals surface area contributed by atoms with Crippen LogP contribution in [0.4, 0.5) is 0 Å². The van der Waals surface area contributed by atoms with Crippen molar-refractivity contribution < 1.29 is 19.4 Å². The topological polar surface area (TPSA) is 63.6 Å². The lowest BCUT2D eigenvalue weighted by Gasteiger charge is -1.99. The molecule has 0 saturated carbocycles. The molecule has 0 aliphatic carbocycles. The Labute approximate surface area is 70.1 Å². The Kier molecular flexibility index (Phi) is 4.49. The van der Waals surface area contributed by atoms with Gasteiger partial charge in [0, 0.05) is 6.92 Å². The van der Waals surface area contributed by atoms with Crippen LogP contribution >= 0.6 is 0 Å². The summed E-state index contributed by atoms with van der Waals surface area (Å²) in [4.78, 5) is 20.6. The zero-order chi connectivity index (χ0) is 9.56. The molecule has 0 aliphatic rings. The van der Waals surface area contributed by atoms with Crippen LogP contribution in [0.1, 0.15) is 20.3 Å². The third-order valence-corrected chi connectivity index (χ3v) is 0.884. The van der Waals surface area contributed by atoms with Gasteiger partial charge in [-0.2, -0.15) is 0 Å². The van der Waals surface area contributed by atoms with Crippen LogP contribution in [-0.2, 0) is 14.3 Å². The maximum atomic E-state index is 10.4. The number of rotatable bonds is 3. The van der Waals surface area contributed by atoms with Gasteiger partial charge in [0.1, 0.15) is 6.42 Å². The van der Waals surface area contributed by atoms with Crippen molar-refractivity contribution in [2.24, 2.45) is 0 Å². The third-order valence-electron chi connectivity index (χ3n) is 0.884. The molecule has 0 aromatic carbocycles. The lowest BCUT2D eigenvalue weighted by atomic mass is 10.3. The average molecular weight is 170 g/mol. The van der Waals surface area contributed by atoms with Gasteiger partial charge < -0.3 is 9.84 Å². The molecule has 0 spiro atoms. The second-order valence-corrected chi connectivity index (χ2v) is 2.02. The number of carboxylic acid groups (broad SMARTS) is 1. The van der Waals surface area contributed by atoms with E-state index in [-0.39, 0.29) is 12.2 Å². The van der Waals surface area contributed by atoms with Crippen molar-refractivity contribution in [1.29, 1.82) is 0 Å². The number of aliphatic carboxylic acids is 1. The fourth-order valence-electron chi connectivity index (χ4n) is 0.588. The lowest BCUT2D eigenvalue weighted by molar-refractivity contribution is -0.140. The second kappa shape index (κ2) is 5.16. The maximum absolute atomic E-state index is 10.4. The first-order chi connectivity index (χ1) is 5.56. The molecule has 0 rings (SSSR count). The van der Waals surface area contributed by atoms with Crippen molar-refractivity contribution in [3.63, 3.8) is 0 Å². The van der Waals surface area contributed by atoms with Gasteiger partial charge in [-0.1, -0.05) is 5.73 Å². The minimum atomic E-state index is -1.06. The monoisotopic (exact) mass is 170 g/mol. The van der Waals surface area contributed by atoms with Crippen LogP contribution in [0.15, 0.2) is 17.6 Å². The molecule has 0 unspecified atom stereocenters. The summed E-state index contributed by atoms with van der Waals surface area (Å²) in [6.45, 7) is 2.87. The standard InChI is InChI=1S/C8H10O4/c1-3-4-7(5-8(10)11)12-6(2)9/h3H,5H2,1-2H3,(H,10,11). The Morgan fingerprint density at radius 3 is 2.50 bits per heavy atom. The normalized spacial score (nSPS) is 8.17. The molecule has 4 nitrogen and oxygen atoms in total. The Morgan fingerprint density at radius 1 is 1.58 bits per heavy atom. The molecule has 0 bridgehead atoms. The average Bonchev–Trinajstić information content (AvgIpc) is 1.84. The summed E-state index contributed by atoms with van der Waals surface area (Å²) < 4.78 is 4.56. The van der Waals surface area contributed by atoms with E-state index in [9.17, 15) is 9.59 Å². The van der Waals surface area contributed by atoms with E-state index < -0.39 is 11.9 Å². The minimum Gasteiger partial charge on any atom is -0.481 e. The molecule has 0 amide bonds. The molecular weight excluding hydrogens is 160 g/mol. The van der Waals surface area contributed by atoms with E-state index >= 15 is 0 Å². The first-order valence-corrected chi connectivity index (χ1v) is 3.36. The fourth-order valence-corrected chi connectivity index (χ4v) is 0.588. The van der Waals surface area contributed by atoms with E-state index in [0.717, 1.165) is 0 Å². The van der Waals surface area contributed by atoms with Crippen LogP contribution in [0.3, 0.4) is 0 Å². The van der Waals surface area contributed by atoms with Gasteiger partial charge >= 0.3 is 11.9 Å². The highest BCUT2D eigenvalue weighted by molar-refractivity contribution is 5.72. The van der Waals surface area contributed by atoms with Crippen LogP contribution < -0.4 is 0 Å².